The summed E-state index contributed by atoms with van der Waals surface area (Å²) < 4.78 is 13.1. The van der Waals surface area contributed by atoms with E-state index in [1.807, 2.05) is 6.07 Å². The first-order chi connectivity index (χ1) is 9.26. The van der Waals surface area contributed by atoms with Crippen molar-refractivity contribution >= 4 is 11.8 Å². The second kappa shape index (κ2) is 10.3. The van der Waals surface area contributed by atoms with Crippen molar-refractivity contribution in [3.05, 3.63) is 30.1 Å². The van der Waals surface area contributed by atoms with Crippen molar-refractivity contribution in [2.75, 3.05) is 12.3 Å². The maximum Gasteiger partial charge on any atom is 0.124 e. The smallest absolute Gasteiger partial charge is 0.124 e. The highest BCUT2D eigenvalue weighted by Gasteiger charge is 2.08. The number of hydrogen-bond acceptors (Lipinski definition) is 2. The summed E-state index contributed by atoms with van der Waals surface area (Å²) in [7, 11) is 0. The number of benzene rings is 1. The highest BCUT2D eigenvalue weighted by atomic mass is 32.2. The molecule has 1 atom stereocenters. The lowest BCUT2D eigenvalue weighted by Gasteiger charge is -2.18. The third-order valence-electron chi connectivity index (χ3n) is 3.09. The second-order valence-corrected chi connectivity index (χ2v) is 6.01. The molecule has 19 heavy (non-hydrogen) atoms. The number of nitrogens with one attached hydrogen (secondary N) is 1. The molecule has 1 rings (SSSR count). The number of unbranched alkanes of at least 4 members (excludes halogenated alkanes) is 2. The van der Waals surface area contributed by atoms with E-state index in [1.54, 1.807) is 23.9 Å². The molecular formula is C16H26FNS. The molecule has 0 aliphatic carbocycles. The number of rotatable bonds is 10. The van der Waals surface area contributed by atoms with Gasteiger partial charge in [-0.25, -0.2) is 4.39 Å². The van der Waals surface area contributed by atoms with E-state index in [0.717, 1.165) is 23.6 Å². The minimum atomic E-state index is -0.144. The van der Waals surface area contributed by atoms with Gasteiger partial charge in [-0.1, -0.05) is 39.2 Å². The first kappa shape index (κ1) is 16.5. The van der Waals surface area contributed by atoms with E-state index in [-0.39, 0.29) is 5.82 Å². The quantitative estimate of drug-likeness (QED) is 0.486. The number of thioether (sulfide) groups is 1. The van der Waals surface area contributed by atoms with Gasteiger partial charge in [-0.3, -0.25) is 0 Å². The predicted molar refractivity (Wildman–Crippen MR) is 83.3 cm³/mol. The van der Waals surface area contributed by atoms with Gasteiger partial charge < -0.3 is 5.32 Å². The van der Waals surface area contributed by atoms with Crippen LogP contribution in [-0.4, -0.2) is 18.3 Å². The average Bonchev–Trinajstić information content (AvgIpc) is 2.41. The fourth-order valence-electron chi connectivity index (χ4n) is 1.99. The third kappa shape index (κ3) is 7.58. The van der Waals surface area contributed by atoms with Crippen molar-refractivity contribution in [1.29, 1.82) is 0 Å². The Bertz CT molecular complexity index is 343. The van der Waals surface area contributed by atoms with Crippen molar-refractivity contribution in [3.8, 4) is 0 Å². The lowest BCUT2D eigenvalue weighted by Crippen LogP contribution is -2.31. The van der Waals surface area contributed by atoms with Crippen LogP contribution in [0.2, 0.25) is 0 Å². The highest BCUT2D eigenvalue weighted by molar-refractivity contribution is 7.99. The minimum Gasteiger partial charge on any atom is -0.313 e. The predicted octanol–water partition coefficient (Wildman–Crippen LogP) is 4.87. The van der Waals surface area contributed by atoms with Crippen LogP contribution in [0.25, 0.3) is 0 Å². The van der Waals surface area contributed by atoms with Crippen LogP contribution < -0.4 is 5.32 Å². The van der Waals surface area contributed by atoms with Crippen molar-refractivity contribution in [2.24, 2.45) is 0 Å². The third-order valence-corrected chi connectivity index (χ3v) is 4.24. The zero-order valence-electron chi connectivity index (χ0n) is 12.1. The molecule has 0 amide bonds. The molecule has 0 spiro atoms. The number of halogens is 1. The van der Waals surface area contributed by atoms with Crippen molar-refractivity contribution in [3.63, 3.8) is 0 Å². The van der Waals surface area contributed by atoms with Crippen LogP contribution in [0.3, 0.4) is 0 Å². The zero-order chi connectivity index (χ0) is 13.9. The van der Waals surface area contributed by atoms with Gasteiger partial charge in [0.1, 0.15) is 5.82 Å². The van der Waals surface area contributed by atoms with Crippen LogP contribution in [0.4, 0.5) is 4.39 Å². The van der Waals surface area contributed by atoms with Gasteiger partial charge in [0.15, 0.2) is 0 Å². The Hall–Kier alpha value is -0.540. The van der Waals surface area contributed by atoms with Gasteiger partial charge in [0.2, 0.25) is 0 Å². The Balaban J connectivity index is 2.37. The Morgan fingerprint density at radius 3 is 2.74 bits per heavy atom. The Morgan fingerprint density at radius 1 is 1.21 bits per heavy atom. The molecule has 0 aliphatic rings. The Kier molecular flexibility index (Phi) is 8.93. The van der Waals surface area contributed by atoms with Crippen LogP contribution in [0, 0.1) is 5.82 Å². The largest absolute Gasteiger partial charge is 0.313 e. The summed E-state index contributed by atoms with van der Waals surface area (Å²) in [5.74, 6) is 0.877. The molecule has 0 heterocycles. The first-order valence-electron chi connectivity index (χ1n) is 7.38. The first-order valence-corrected chi connectivity index (χ1v) is 8.36. The van der Waals surface area contributed by atoms with Crippen molar-refractivity contribution < 1.29 is 4.39 Å². The molecule has 0 bridgehead atoms. The molecule has 0 fully saturated rings. The van der Waals surface area contributed by atoms with Crippen LogP contribution in [0.1, 0.15) is 46.0 Å². The summed E-state index contributed by atoms with van der Waals surface area (Å²) in [5.41, 5.74) is 0. The average molecular weight is 283 g/mol. The van der Waals surface area contributed by atoms with Crippen LogP contribution in [0.5, 0.6) is 0 Å². The normalized spacial score (nSPS) is 12.6. The summed E-state index contributed by atoms with van der Waals surface area (Å²) in [5, 5.41) is 3.60. The summed E-state index contributed by atoms with van der Waals surface area (Å²) in [6, 6.07) is 7.42. The van der Waals surface area contributed by atoms with Gasteiger partial charge in [0.25, 0.3) is 0 Å². The van der Waals surface area contributed by atoms with E-state index in [1.165, 1.54) is 31.7 Å². The van der Waals surface area contributed by atoms with Crippen LogP contribution in [0.15, 0.2) is 29.2 Å². The van der Waals surface area contributed by atoms with Crippen molar-refractivity contribution in [2.45, 2.75) is 56.9 Å². The monoisotopic (exact) mass is 283 g/mol. The molecular weight excluding hydrogens is 257 g/mol. The fraction of sp³-hybridized carbons (Fsp3) is 0.625. The molecule has 108 valence electrons. The molecule has 0 aliphatic heterocycles. The van der Waals surface area contributed by atoms with E-state index in [9.17, 15) is 4.39 Å². The van der Waals surface area contributed by atoms with Crippen molar-refractivity contribution in [1.82, 2.24) is 5.32 Å². The second-order valence-electron chi connectivity index (χ2n) is 4.92. The molecule has 1 aromatic rings. The van der Waals surface area contributed by atoms with Crippen LogP contribution in [-0.2, 0) is 0 Å². The maximum atomic E-state index is 13.1. The lowest BCUT2D eigenvalue weighted by molar-refractivity contribution is 0.493. The molecule has 0 aromatic heterocycles. The van der Waals surface area contributed by atoms with E-state index in [0.29, 0.717) is 6.04 Å². The molecule has 1 N–H and O–H groups in total. The summed E-state index contributed by atoms with van der Waals surface area (Å²) >= 11 is 1.75. The summed E-state index contributed by atoms with van der Waals surface area (Å²) in [6.45, 7) is 5.49. The van der Waals surface area contributed by atoms with Gasteiger partial charge in [0.05, 0.1) is 0 Å². The SMILES string of the molecule is CCCCCC(CSc1cccc(F)c1)NCCC. The molecule has 0 saturated carbocycles. The Labute approximate surface area is 121 Å². The Morgan fingerprint density at radius 2 is 2.05 bits per heavy atom. The van der Waals surface area contributed by atoms with Gasteiger partial charge in [-0.2, -0.15) is 0 Å². The lowest BCUT2D eigenvalue weighted by atomic mass is 10.1. The van der Waals surface area contributed by atoms with Gasteiger partial charge >= 0.3 is 0 Å². The molecule has 0 saturated heterocycles. The molecule has 3 heteroatoms. The summed E-state index contributed by atoms with van der Waals surface area (Å²) in [4.78, 5) is 1.03. The zero-order valence-corrected chi connectivity index (χ0v) is 12.9. The van der Waals surface area contributed by atoms with Gasteiger partial charge in [0, 0.05) is 16.7 Å². The molecule has 0 radical (unpaired) electrons. The van der Waals surface area contributed by atoms with E-state index in [4.69, 9.17) is 0 Å². The highest BCUT2D eigenvalue weighted by Crippen LogP contribution is 2.21. The maximum absolute atomic E-state index is 13.1. The fourth-order valence-corrected chi connectivity index (χ4v) is 3.04. The topological polar surface area (TPSA) is 12.0 Å². The van der Waals surface area contributed by atoms with E-state index >= 15 is 0 Å². The van der Waals surface area contributed by atoms with Gasteiger partial charge in [-0.15, -0.1) is 11.8 Å². The number of hydrogen-bond donors (Lipinski definition) is 1. The summed E-state index contributed by atoms with van der Waals surface area (Å²) in [6.07, 6.45) is 6.22. The molecule has 1 aromatic carbocycles. The van der Waals surface area contributed by atoms with E-state index < -0.39 is 0 Å². The molecule has 1 nitrogen and oxygen atoms in total. The van der Waals surface area contributed by atoms with Crippen LogP contribution >= 0.6 is 11.8 Å². The van der Waals surface area contributed by atoms with E-state index in [2.05, 4.69) is 19.2 Å². The van der Waals surface area contributed by atoms with Gasteiger partial charge in [-0.05, 0) is 37.6 Å². The molecule has 1 unspecified atom stereocenters. The standard InChI is InChI=1S/C16H26FNS/c1-3-5-6-9-15(18-11-4-2)13-19-16-10-7-8-14(17)12-16/h7-8,10,12,15,18H,3-6,9,11,13H2,1-2H3. The minimum absolute atomic E-state index is 0.144.